The van der Waals surface area contributed by atoms with E-state index >= 15 is 0 Å². The van der Waals surface area contributed by atoms with E-state index in [1.54, 1.807) is 12.0 Å². The number of amides is 2. The highest BCUT2D eigenvalue weighted by Gasteiger charge is 2.25. The summed E-state index contributed by atoms with van der Waals surface area (Å²) >= 11 is 0. The second kappa shape index (κ2) is 15.8. The summed E-state index contributed by atoms with van der Waals surface area (Å²) in [6.07, 6.45) is 7.56. The fourth-order valence-electron chi connectivity index (χ4n) is 4.75. The molecule has 1 unspecified atom stereocenters. The maximum absolute atomic E-state index is 13.8. The van der Waals surface area contributed by atoms with Gasteiger partial charge in [-0.15, -0.1) is 0 Å². The van der Waals surface area contributed by atoms with Gasteiger partial charge >= 0.3 is 0 Å². The summed E-state index contributed by atoms with van der Waals surface area (Å²) in [7, 11) is 1.67. The van der Waals surface area contributed by atoms with Crippen LogP contribution in [0.25, 0.3) is 0 Å². The third-order valence-corrected chi connectivity index (χ3v) is 7.33. The Kier molecular flexibility index (Phi) is 12.1. The summed E-state index contributed by atoms with van der Waals surface area (Å²) in [5.41, 5.74) is 3.24. The summed E-state index contributed by atoms with van der Waals surface area (Å²) in [6.45, 7) is 8.01. The third kappa shape index (κ3) is 9.31. The standard InChI is InChI=1S/C33H45N3O3/c1-5-7-8-12-20-32(37)36(27(3)6-2)26-33(38)35(23-28-15-10-9-11-16-28)25-30-18-14-21-34(30)24-29-17-13-19-31(22-29)39-4/h9-11,13-19,21-22,27H,5-8,12,20,23-26H2,1-4H3. The molecule has 1 heterocycles. The number of carbonyl (C=O) groups excluding carboxylic acids is 2. The van der Waals surface area contributed by atoms with Crippen molar-refractivity contribution in [3.63, 3.8) is 0 Å². The lowest BCUT2D eigenvalue weighted by Gasteiger charge is -2.31. The van der Waals surface area contributed by atoms with E-state index in [1.807, 2.05) is 72.6 Å². The first kappa shape index (κ1) is 30.0. The number of hydrogen-bond donors (Lipinski definition) is 0. The van der Waals surface area contributed by atoms with Gasteiger partial charge in [0.25, 0.3) is 0 Å². The first-order valence-corrected chi connectivity index (χ1v) is 14.3. The van der Waals surface area contributed by atoms with E-state index < -0.39 is 0 Å². The van der Waals surface area contributed by atoms with Gasteiger partial charge in [-0.25, -0.2) is 0 Å². The topological polar surface area (TPSA) is 54.8 Å². The smallest absolute Gasteiger partial charge is 0.242 e. The maximum Gasteiger partial charge on any atom is 0.242 e. The van der Waals surface area contributed by atoms with Gasteiger partial charge in [0.1, 0.15) is 12.3 Å². The Morgan fingerprint density at radius 3 is 2.36 bits per heavy atom. The van der Waals surface area contributed by atoms with Gasteiger partial charge in [-0.3, -0.25) is 9.59 Å². The molecule has 6 heteroatoms. The van der Waals surface area contributed by atoms with Crippen molar-refractivity contribution in [2.75, 3.05) is 13.7 Å². The zero-order chi connectivity index (χ0) is 28.0. The van der Waals surface area contributed by atoms with Crippen LogP contribution in [0, 0.1) is 0 Å². The minimum Gasteiger partial charge on any atom is -0.497 e. The molecule has 210 valence electrons. The Labute approximate surface area is 234 Å². The minimum atomic E-state index is -0.0322. The van der Waals surface area contributed by atoms with Crippen LogP contribution in [0.1, 0.15) is 76.1 Å². The van der Waals surface area contributed by atoms with Crippen LogP contribution in [0.2, 0.25) is 0 Å². The molecular formula is C33H45N3O3. The van der Waals surface area contributed by atoms with Crippen LogP contribution in [-0.2, 0) is 29.2 Å². The number of benzene rings is 2. The molecule has 0 saturated carbocycles. The second-order valence-corrected chi connectivity index (χ2v) is 10.3. The van der Waals surface area contributed by atoms with E-state index in [4.69, 9.17) is 4.74 Å². The molecule has 0 spiro atoms. The Morgan fingerprint density at radius 2 is 1.64 bits per heavy atom. The molecule has 0 N–H and O–H groups in total. The Bertz CT molecular complexity index is 1160. The lowest BCUT2D eigenvalue weighted by molar-refractivity contribution is -0.143. The molecule has 1 atom stereocenters. The Morgan fingerprint density at radius 1 is 0.872 bits per heavy atom. The van der Waals surface area contributed by atoms with Crippen molar-refractivity contribution in [2.24, 2.45) is 0 Å². The van der Waals surface area contributed by atoms with Crippen LogP contribution in [0.5, 0.6) is 5.75 Å². The quantitative estimate of drug-likeness (QED) is 0.194. The van der Waals surface area contributed by atoms with Crippen molar-refractivity contribution in [1.29, 1.82) is 0 Å². The van der Waals surface area contributed by atoms with Gasteiger partial charge in [-0.05, 0) is 55.2 Å². The maximum atomic E-state index is 13.8. The highest BCUT2D eigenvalue weighted by molar-refractivity contribution is 5.85. The summed E-state index contributed by atoms with van der Waals surface area (Å²) in [5.74, 6) is 0.872. The zero-order valence-electron chi connectivity index (χ0n) is 24.1. The first-order valence-electron chi connectivity index (χ1n) is 14.3. The predicted molar refractivity (Wildman–Crippen MR) is 157 cm³/mol. The van der Waals surface area contributed by atoms with E-state index in [-0.39, 0.29) is 24.4 Å². The van der Waals surface area contributed by atoms with Crippen molar-refractivity contribution in [2.45, 2.75) is 85.0 Å². The highest BCUT2D eigenvalue weighted by Crippen LogP contribution is 2.18. The zero-order valence-corrected chi connectivity index (χ0v) is 24.1. The number of unbranched alkanes of at least 4 members (excludes halogenated alkanes) is 3. The van der Waals surface area contributed by atoms with Crippen LogP contribution >= 0.6 is 0 Å². The SMILES string of the molecule is CCCCCCC(=O)N(CC(=O)N(Cc1ccccc1)Cc1cccn1Cc1cccc(OC)c1)C(C)CC. The molecule has 3 rings (SSSR count). The second-order valence-electron chi connectivity index (χ2n) is 10.3. The monoisotopic (exact) mass is 531 g/mol. The van der Waals surface area contributed by atoms with E-state index in [1.165, 1.54) is 0 Å². The molecule has 0 bridgehead atoms. The molecule has 0 fully saturated rings. The van der Waals surface area contributed by atoms with Gasteiger partial charge in [0, 0.05) is 37.4 Å². The summed E-state index contributed by atoms with van der Waals surface area (Å²) in [6, 6.07) is 22.2. The molecule has 0 saturated heterocycles. The van der Waals surface area contributed by atoms with Crippen LogP contribution in [0.4, 0.5) is 0 Å². The summed E-state index contributed by atoms with van der Waals surface area (Å²) in [4.78, 5) is 30.7. The molecule has 2 aromatic carbocycles. The first-order chi connectivity index (χ1) is 18.9. The fraction of sp³-hybridized carbons (Fsp3) is 0.455. The average Bonchev–Trinajstić information content (AvgIpc) is 3.39. The summed E-state index contributed by atoms with van der Waals surface area (Å²) in [5, 5.41) is 0. The molecule has 0 radical (unpaired) electrons. The Hall–Kier alpha value is -3.54. The van der Waals surface area contributed by atoms with Gasteiger partial charge in [-0.2, -0.15) is 0 Å². The van der Waals surface area contributed by atoms with Gasteiger partial charge in [0.2, 0.25) is 11.8 Å². The molecule has 1 aromatic heterocycles. The van der Waals surface area contributed by atoms with Crippen molar-refractivity contribution >= 4 is 11.8 Å². The van der Waals surface area contributed by atoms with Crippen LogP contribution in [0.3, 0.4) is 0 Å². The number of methoxy groups -OCH3 is 1. The number of hydrogen-bond acceptors (Lipinski definition) is 3. The van der Waals surface area contributed by atoms with Crippen molar-refractivity contribution in [3.05, 3.63) is 89.7 Å². The van der Waals surface area contributed by atoms with Gasteiger partial charge in [0.15, 0.2) is 0 Å². The third-order valence-electron chi connectivity index (χ3n) is 7.33. The fourth-order valence-corrected chi connectivity index (χ4v) is 4.75. The largest absolute Gasteiger partial charge is 0.497 e. The van der Waals surface area contributed by atoms with Crippen LogP contribution in [0.15, 0.2) is 72.9 Å². The predicted octanol–water partition coefficient (Wildman–Crippen LogP) is 6.67. The molecule has 0 aliphatic rings. The number of nitrogens with zero attached hydrogens (tertiary/aromatic N) is 3. The Balaban J connectivity index is 1.79. The average molecular weight is 532 g/mol. The van der Waals surface area contributed by atoms with Gasteiger partial charge in [-0.1, -0.05) is 75.6 Å². The van der Waals surface area contributed by atoms with Crippen LogP contribution < -0.4 is 4.74 Å². The summed E-state index contributed by atoms with van der Waals surface area (Å²) < 4.78 is 7.57. The molecule has 3 aromatic rings. The number of aromatic nitrogens is 1. The molecular weight excluding hydrogens is 486 g/mol. The number of rotatable bonds is 16. The van der Waals surface area contributed by atoms with E-state index in [0.717, 1.165) is 54.7 Å². The van der Waals surface area contributed by atoms with Crippen molar-refractivity contribution in [3.8, 4) is 5.75 Å². The molecule has 6 nitrogen and oxygen atoms in total. The number of carbonyl (C=O) groups is 2. The normalized spacial score (nSPS) is 11.7. The van der Waals surface area contributed by atoms with Gasteiger partial charge in [0.05, 0.1) is 13.7 Å². The lowest BCUT2D eigenvalue weighted by Crippen LogP contribution is -2.46. The van der Waals surface area contributed by atoms with Crippen LogP contribution in [-0.4, -0.2) is 45.9 Å². The van der Waals surface area contributed by atoms with Gasteiger partial charge < -0.3 is 19.1 Å². The van der Waals surface area contributed by atoms with E-state index in [0.29, 0.717) is 26.1 Å². The molecule has 0 aliphatic carbocycles. The highest BCUT2D eigenvalue weighted by atomic mass is 16.5. The van der Waals surface area contributed by atoms with E-state index in [2.05, 4.69) is 30.5 Å². The number of ether oxygens (including phenoxy) is 1. The molecule has 39 heavy (non-hydrogen) atoms. The van der Waals surface area contributed by atoms with E-state index in [9.17, 15) is 9.59 Å². The lowest BCUT2D eigenvalue weighted by atomic mass is 10.1. The molecule has 0 aliphatic heterocycles. The van der Waals surface area contributed by atoms with Crippen molar-refractivity contribution < 1.29 is 14.3 Å². The molecule has 2 amide bonds. The minimum absolute atomic E-state index is 0.0168. The van der Waals surface area contributed by atoms with Crippen molar-refractivity contribution in [1.82, 2.24) is 14.4 Å².